The molecule has 2 rings (SSSR count). The Morgan fingerprint density at radius 3 is 2.47 bits per heavy atom. The largest absolute Gasteiger partial charge is 0.491 e. The fourth-order valence-electron chi connectivity index (χ4n) is 2.87. The maximum absolute atomic E-state index is 12.4. The highest BCUT2D eigenvalue weighted by molar-refractivity contribution is 6.02. The first-order valence-electron chi connectivity index (χ1n) is 10.1. The number of aliphatic hydroxyl groups is 1. The number of benzene rings is 2. The third-order valence-electron chi connectivity index (χ3n) is 4.33. The van der Waals surface area contributed by atoms with Crippen LogP contribution in [0, 0.1) is 0 Å². The van der Waals surface area contributed by atoms with Crippen molar-refractivity contribution in [1.82, 2.24) is 10.8 Å². The summed E-state index contributed by atoms with van der Waals surface area (Å²) in [6.07, 6.45) is 2.52. The average Bonchev–Trinajstić information content (AvgIpc) is 2.82. The Kier molecular flexibility index (Phi) is 10.4. The maximum Gasteiger partial charge on any atom is 0.414 e. The summed E-state index contributed by atoms with van der Waals surface area (Å²) in [5.74, 6) is -0.777. The zero-order valence-electron chi connectivity index (χ0n) is 17.4. The first kappa shape index (κ1) is 24.6. The Labute approximate surface area is 185 Å². The van der Waals surface area contributed by atoms with Crippen LogP contribution in [0.3, 0.4) is 0 Å². The summed E-state index contributed by atoms with van der Waals surface area (Å²) in [6, 6.07) is 15.2. The number of unbranched alkanes of at least 4 members (excludes halogenated alkanes) is 1. The van der Waals surface area contributed by atoms with Gasteiger partial charge in [0.2, 0.25) is 0 Å². The predicted octanol–water partition coefficient (Wildman–Crippen LogP) is 2.90. The van der Waals surface area contributed by atoms with Gasteiger partial charge in [0.05, 0.1) is 6.61 Å². The van der Waals surface area contributed by atoms with E-state index in [0.29, 0.717) is 36.1 Å². The Balaban J connectivity index is 2.09. The smallest absolute Gasteiger partial charge is 0.414 e. The standard InChI is InChI=1S/C23H26N2O7/c26-15-16-31-19-12-8-7-11-18(19)20(13-5-2-6-14-21(27)25-30)32-23(29)24-22(28)17-9-3-1-4-10-17/h1,3-4,6-12,14,20,26,30H,2,5,13,15-16H2,(H,25,27)(H,24,28,29)/b14-6+/t20-/m0/s1. The summed E-state index contributed by atoms with van der Waals surface area (Å²) in [7, 11) is 0. The van der Waals surface area contributed by atoms with Gasteiger partial charge in [0.25, 0.3) is 11.8 Å². The molecule has 3 amide bonds. The zero-order chi connectivity index (χ0) is 23.2. The SMILES string of the molecule is O=C(/C=C/CCC[C@H](OC(=O)NC(=O)c1ccccc1)c1ccccc1OCCO)NO. The number of para-hydroxylation sites is 1. The highest BCUT2D eigenvalue weighted by atomic mass is 16.6. The van der Waals surface area contributed by atoms with Gasteiger partial charge in [0, 0.05) is 17.2 Å². The van der Waals surface area contributed by atoms with E-state index in [1.807, 2.05) is 0 Å². The number of allylic oxidation sites excluding steroid dienone is 1. The molecule has 0 bridgehead atoms. The molecule has 0 unspecified atom stereocenters. The highest BCUT2D eigenvalue weighted by Gasteiger charge is 2.22. The quantitative estimate of drug-likeness (QED) is 0.182. The number of nitrogens with one attached hydrogen (secondary N) is 2. The molecule has 2 aromatic carbocycles. The number of carbonyl (C=O) groups is 3. The molecule has 1 atom stereocenters. The van der Waals surface area contributed by atoms with E-state index in [0.717, 1.165) is 0 Å². The van der Waals surface area contributed by atoms with Crippen LogP contribution < -0.4 is 15.5 Å². The van der Waals surface area contributed by atoms with E-state index in [2.05, 4.69) is 5.32 Å². The predicted molar refractivity (Wildman–Crippen MR) is 115 cm³/mol. The molecule has 170 valence electrons. The van der Waals surface area contributed by atoms with E-state index in [-0.39, 0.29) is 13.2 Å². The number of ether oxygens (including phenoxy) is 2. The molecule has 0 aromatic heterocycles. The number of amides is 3. The molecule has 0 heterocycles. The van der Waals surface area contributed by atoms with Gasteiger partial charge in [-0.25, -0.2) is 10.3 Å². The molecule has 0 spiro atoms. The second kappa shape index (κ2) is 13.6. The first-order valence-corrected chi connectivity index (χ1v) is 10.1. The Bertz CT molecular complexity index is 916. The van der Waals surface area contributed by atoms with E-state index >= 15 is 0 Å². The molecule has 0 saturated carbocycles. The molecule has 0 saturated heterocycles. The van der Waals surface area contributed by atoms with Crippen LogP contribution in [-0.4, -0.2) is 41.4 Å². The molecule has 9 nitrogen and oxygen atoms in total. The van der Waals surface area contributed by atoms with Crippen molar-refractivity contribution >= 4 is 17.9 Å². The minimum absolute atomic E-state index is 0.0709. The fourth-order valence-corrected chi connectivity index (χ4v) is 2.87. The molecule has 0 aliphatic heterocycles. The van der Waals surface area contributed by atoms with Crippen LogP contribution in [0.2, 0.25) is 0 Å². The van der Waals surface area contributed by atoms with E-state index in [4.69, 9.17) is 19.8 Å². The van der Waals surface area contributed by atoms with E-state index in [1.165, 1.54) is 11.6 Å². The maximum atomic E-state index is 12.4. The van der Waals surface area contributed by atoms with Gasteiger partial charge in [-0.3, -0.25) is 20.1 Å². The number of carbonyl (C=O) groups excluding carboxylic acids is 3. The lowest BCUT2D eigenvalue weighted by atomic mass is 10.0. The first-order chi connectivity index (χ1) is 15.5. The highest BCUT2D eigenvalue weighted by Crippen LogP contribution is 2.31. The number of hydrogen-bond donors (Lipinski definition) is 4. The van der Waals surface area contributed by atoms with E-state index in [9.17, 15) is 14.4 Å². The minimum atomic E-state index is -0.906. The molecule has 0 fully saturated rings. The van der Waals surface area contributed by atoms with Crippen LogP contribution >= 0.6 is 0 Å². The molecule has 0 radical (unpaired) electrons. The molecule has 0 aliphatic carbocycles. The van der Waals surface area contributed by atoms with Gasteiger partial charge in [-0.05, 0) is 37.5 Å². The van der Waals surface area contributed by atoms with Gasteiger partial charge in [0.1, 0.15) is 18.5 Å². The number of hydroxylamine groups is 1. The summed E-state index contributed by atoms with van der Waals surface area (Å²) < 4.78 is 11.1. The second-order valence-electron chi connectivity index (χ2n) is 6.63. The van der Waals surface area contributed by atoms with Gasteiger partial charge in [-0.2, -0.15) is 0 Å². The van der Waals surface area contributed by atoms with E-state index < -0.39 is 24.0 Å². The minimum Gasteiger partial charge on any atom is -0.491 e. The topological polar surface area (TPSA) is 134 Å². The van der Waals surface area contributed by atoms with E-state index in [1.54, 1.807) is 60.7 Å². The number of aliphatic hydroxyl groups excluding tert-OH is 1. The summed E-state index contributed by atoms with van der Waals surface area (Å²) in [5, 5.41) is 19.8. The lowest BCUT2D eigenvalue weighted by Crippen LogP contribution is -2.32. The second-order valence-corrected chi connectivity index (χ2v) is 6.63. The van der Waals surface area contributed by atoms with Crippen molar-refractivity contribution in [3.05, 3.63) is 77.9 Å². The molecule has 0 aliphatic rings. The van der Waals surface area contributed by atoms with Gasteiger partial charge in [-0.15, -0.1) is 0 Å². The van der Waals surface area contributed by atoms with Crippen molar-refractivity contribution < 1.29 is 34.2 Å². The Morgan fingerprint density at radius 1 is 1.03 bits per heavy atom. The third-order valence-corrected chi connectivity index (χ3v) is 4.33. The van der Waals surface area contributed by atoms with Crippen LogP contribution in [0.25, 0.3) is 0 Å². The van der Waals surface area contributed by atoms with Crippen LogP contribution in [0.5, 0.6) is 5.75 Å². The summed E-state index contributed by atoms with van der Waals surface area (Å²) >= 11 is 0. The third kappa shape index (κ3) is 8.21. The molecule has 9 heteroatoms. The van der Waals surface area contributed by atoms with Crippen molar-refractivity contribution in [3.8, 4) is 5.75 Å². The monoisotopic (exact) mass is 442 g/mol. The lowest BCUT2D eigenvalue weighted by molar-refractivity contribution is -0.124. The summed E-state index contributed by atoms with van der Waals surface area (Å²) in [6.45, 7) is -0.106. The van der Waals surface area contributed by atoms with Crippen molar-refractivity contribution in [2.45, 2.75) is 25.4 Å². The average molecular weight is 442 g/mol. The van der Waals surface area contributed by atoms with Crippen LogP contribution in [0.15, 0.2) is 66.7 Å². The van der Waals surface area contributed by atoms with Gasteiger partial charge < -0.3 is 14.6 Å². The lowest BCUT2D eigenvalue weighted by Gasteiger charge is -2.21. The van der Waals surface area contributed by atoms with Crippen molar-refractivity contribution in [3.63, 3.8) is 0 Å². The normalized spacial score (nSPS) is 11.6. The zero-order valence-corrected chi connectivity index (χ0v) is 17.4. The number of imide groups is 1. The number of hydrogen-bond acceptors (Lipinski definition) is 7. The van der Waals surface area contributed by atoms with Crippen LogP contribution in [0.4, 0.5) is 4.79 Å². The molecular weight excluding hydrogens is 416 g/mol. The Morgan fingerprint density at radius 2 is 1.75 bits per heavy atom. The molecular formula is C23H26N2O7. The number of rotatable bonds is 11. The number of alkyl carbamates (subject to hydrolysis) is 1. The molecule has 32 heavy (non-hydrogen) atoms. The fraction of sp³-hybridized carbons (Fsp3) is 0.261. The molecule has 4 N–H and O–H groups in total. The summed E-state index contributed by atoms with van der Waals surface area (Å²) in [4.78, 5) is 35.7. The van der Waals surface area contributed by atoms with Gasteiger partial charge >= 0.3 is 6.09 Å². The summed E-state index contributed by atoms with van der Waals surface area (Å²) in [5.41, 5.74) is 2.41. The van der Waals surface area contributed by atoms with Gasteiger partial charge in [0.15, 0.2) is 0 Å². The Hall–Kier alpha value is -3.69. The van der Waals surface area contributed by atoms with Crippen molar-refractivity contribution in [2.75, 3.05) is 13.2 Å². The van der Waals surface area contributed by atoms with Crippen LogP contribution in [-0.2, 0) is 9.53 Å². The van der Waals surface area contributed by atoms with Crippen molar-refractivity contribution in [2.24, 2.45) is 0 Å². The molecule has 2 aromatic rings. The van der Waals surface area contributed by atoms with Crippen molar-refractivity contribution in [1.29, 1.82) is 0 Å². The van der Waals surface area contributed by atoms with Gasteiger partial charge in [-0.1, -0.05) is 42.5 Å². The van der Waals surface area contributed by atoms with Crippen LogP contribution in [0.1, 0.15) is 41.3 Å².